The zero-order chi connectivity index (χ0) is 19.1. The first kappa shape index (κ1) is 17.0. The number of esters is 1. The third kappa shape index (κ3) is 2.79. The minimum Gasteiger partial charge on any atom is -0.494 e. The highest BCUT2D eigenvalue weighted by Gasteiger charge is 2.19. The number of aromatic nitrogens is 2. The first-order valence-electron chi connectivity index (χ1n) is 8.37. The van der Waals surface area contributed by atoms with Crippen molar-refractivity contribution in [3.05, 3.63) is 59.4 Å². The molecule has 136 valence electrons. The van der Waals surface area contributed by atoms with Crippen molar-refractivity contribution >= 4 is 27.9 Å². The number of benzene rings is 2. The zero-order valence-electron chi connectivity index (χ0n) is 15.1. The van der Waals surface area contributed by atoms with E-state index in [1.807, 2.05) is 25.1 Å². The van der Waals surface area contributed by atoms with Crippen molar-refractivity contribution in [2.24, 2.45) is 0 Å². The third-order valence-corrected chi connectivity index (χ3v) is 4.56. The molecule has 0 bridgehead atoms. The van der Waals surface area contributed by atoms with Crippen molar-refractivity contribution in [1.29, 1.82) is 0 Å². The molecule has 0 atom stereocenters. The maximum Gasteiger partial charge on any atom is 0.340 e. The van der Waals surface area contributed by atoms with Crippen LogP contribution in [0.3, 0.4) is 0 Å². The van der Waals surface area contributed by atoms with E-state index in [0.29, 0.717) is 27.9 Å². The summed E-state index contributed by atoms with van der Waals surface area (Å²) in [6.07, 6.45) is 0. The molecule has 2 aromatic heterocycles. The minimum atomic E-state index is -0.494. The summed E-state index contributed by atoms with van der Waals surface area (Å²) in [6, 6.07) is 12.1. The van der Waals surface area contributed by atoms with E-state index in [0.717, 1.165) is 16.5 Å². The minimum absolute atomic E-state index is 0.149. The average Bonchev–Trinajstić information content (AvgIpc) is 3.03. The van der Waals surface area contributed by atoms with Crippen molar-refractivity contribution in [3.63, 3.8) is 0 Å². The van der Waals surface area contributed by atoms with Gasteiger partial charge in [-0.3, -0.25) is 0 Å². The second-order valence-corrected chi connectivity index (χ2v) is 6.29. The van der Waals surface area contributed by atoms with Gasteiger partial charge >= 0.3 is 5.97 Å². The van der Waals surface area contributed by atoms with Gasteiger partial charge in [-0.25, -0.2) is 14.2 Å². The number of aromatic amines is 1. The lowest BCUT2D eigenvalue weighted by Gasteiger charge is -2.08. The predicted molar refractivity (Wildman–Crippen MR) is 102 cm³/mol. The summed E-state index contributed by atoms with van der Waals surface area (Å²) >= 11 is 0. The fourth-order valence-corrected chi connectivity index (χ4v) is 3.21. The first-order chi connectivity index (χ1) is 13.0. The number of aryl methyl sites for hydroxylation is 1. The van der Waals surface area contributed by atoms with E-state index in [1.54, 1.807) is 12.1 Å². The molecule has 0 aliphatic rings. The lowest BCUT2D eigenvalue weighted by atomic mass is 10.1. The van der Waals surface area contributed by atoms with Gasteiger partial charge < -0.3 is 14.5 Å². The number of nitrogens with one attached hydrogen (secondary N) is 1. The maximum absolute atomic E-state index is 14.2. The average molecular weight is 364 g/mol. The maximum atomic E-state index is 14.2. The number of fused-ring (bicyclic) bond motifs is 3. The number of carbonyl (C=O) groups excluding carboxylic acids is 1. The molecule has 0 aliphatic heterocycles. The number of carbonyl (C=O) groups is 1. The largest absolute Gasteiger partial charge is 0.494 e. The molecule has 0 spiro atoms. The van der Waals surface area contributed by atoms with Crippen LogP contribution in [0.5, 0.6) is 5.75 Å². The number of pyridine rings is 1. The third-order valence-electron chi connectivity index (χ3n) is 4.56. The lowest BCUT2D eigenvalue weighted by Crippen LogP contribution is -2.03. The summed E-state index contributed by atoms with van der Waals surface area (Å²) in [7, 11) is 2.74. The molecule has 2 aromatic carbocycles. The van der Waals surface area contributed by atoms with Crippen LogP contribution in [0.15, 0.2) is 42.5 Å². The number of hydrogen-bond donors (Lipinski definition) is 1. The van der Waals surface area contributed by atoms with Gasteiger partial charge in [0.25, 0.3) is 0 Å². The topological polar surface area (TPSA) is 64.2 Å². The number of hydrogen-bond acceptors (Lipinski definition) is 4. The summed E-state index contributed by atoms with van der Waals surface area (Å²) < 4.78 is 24.1. The van der Waals surface area contributed by atoms with E-state index in [1.165, 1.54) is 26.4 Å². The molecule has 4 rings (SSSR count). The van der Waals surface area contributed by atoms with Crippen LogP contribution < -0.4 is 4.74 Å². The highest BCUT2D eigenvalue weighted by Crippen LogP contribution is 2.32. The Labute approximate surface area is 154 Å². The van der Waals surface area contributed by atoms with Gasteiger partial charge in [0.2, 0.25) is 0 Å². The van der Waals surface area contributed by atoms with Crippen molar-refractivity contribution in [1.82, 2.24) is 9.97 Å². The highest BCUT2D eigenvalue weighted by atomic mass is 19.1. The van der Waals surface area contributed by atoms with E-state index in [9.17, 15) is 9.18 Å². The lowest BCUT2D eigenvalue weighted by molar-refractivity contribution is 0.0603. The van der Waals surface area contributed by atoms with Gasteiger partial charge in [-0.05, 0) is 42.8 Å². The zero-order valence-corrected chi connectivity index (χ0v) is 15.1. The van der Waals surface area contributed by atoms with Gasteiger partial charge in [0.1, 0.15) is 0 Å². The number of rotatable bonds is 3. The summed E-state index contributed by atoms with van der Waals surface area (Å²) in [6.45, 7) is 1.99. The van der Waals surface area contributed by atoms with Crippen molar-refractivity contribution in [3.8, 4) is 17.0 Å². The Kier molecular flexibility index (Phi) is 4.03. The fourth-order valence-electron chi connectivity index (χ4n) is 3.21. The van der Waals surface area contributed by atoms with E-state index in [4.69, 9.17) is 14.5 Å². The van der Waals surface area contributed by atoms with E-state index in [2.05, 4.69) is 4.98 Å². The van der Waals surface area contributed by atoms with Gasteiger partial charge in [-0.1, -0.05) is 12.1 Å². The van der Waals surface area contributed by atoms with Gasteiger partial charge in [0, 0.05) is 16.5 Å². The molecule has 27 heavy (non-hydrogen) atoms. The molecule has 0 saturated heterocycles. The Morgan fingerprint density at radius 2 is 1.93 bits per heavy atom. The SMILES string of the molecule is COC(=O)c1cc(-c2ccc(OC)c(F)c2)nc2c1[nH]c1cc(C)ccc12. The Balaban J connectivity index is 2.03. The van der Waals surface area contributed by atoms with Crippen LogP contribution in [0.1, 0.15) is 15.9 Å². The number of ether oxygens (including phenoxy) is 2. The Hall–Kier alpha value is -3.41. The number of halogens is 1. The quantitative estimate of drug-likeness (QED) is 0.539. The molecule has 0 fully saturated rings. The van der Waals surface area contributed by atoms with Crippen LogP contribution in [0, 0.1) is 12.7 Å². The molecule has 0 unspecified atom stereocenters. The van der Waals surface area contributed by atoms with Gasteiger partial charge in [0.05, 0.1) is 36.5 Å². The molecule has 1 N–H and O–H groups in total. The molecular formula is C21H17FN2O3. The molecule has 0 radical (unpaired) electrons. The van der Waals surface area contributed by atoms with Gasteiger partial charge in [0.15, 0.2) is 11.6 Å². The van der Waals surface area contributed by atoms with Gasteiger partial charge in [-0.15, -0.1) is 0 Å². The Morgan fingerprint density at radius 1 is 1.11 bits per heavy atom. The molecule has 0 aliphatic carbocycles. The molecule has 0 saturated carbocycles. The van der Waals surface area contributed by atoms with E-state index < -0.39 is 11.8 Å². The van der Waals surface area contributed by atoms with Crippen LogP contribution in [0.25, 0.3) is 33.2 Å². The van der Waals surface area contributed by atoms with E-state index in [-0.39, 0.29) is 5.75 Å². The number of methoxy groups -OCH3 is 2. The Bertz CT molecular complexity index is 1200. The highest BCUT2D eigenvalue weighted by molar-refractivity contribution is 6.13. The van der Waals surface area contributed by atoms with Crippen LogP contribution in [-0.4, -0.2) is 30.2 Å². The Morgan fingerprint density at radius 3 is 2.63 bits per heavy atom. The van der Waals surface area contributed by atoms with Crippen LogP contribution >= 0.6 is 0 Å². The molecule has 5 nitrogen and oxygen atoms in total. The van der Waals surface area contributed by atoms with Crippen molar-refractivity contribution in [2.45, 2.75) is 6.92 Å². The second-order valence-electron chi connectivity index (χ2n) is 6.29. The molecule has 6 heteroatoms. The molecule has 0 amide bonds. The summed E-state index contributed by atoms with van der Waals surface area (Å²) in [5.74, 6) is -0.831. The van der Waals surface area contributed by atoms with Crippen LogP contribution in [-0.2, 0) is 4.74 Å². The molecular weight excluding hydrogens is 347 g/mol. The standard InChI is InChI=1S/C21H17FN2O3/c1-11-4-6-13-17(8-11)24-20-14(21(25)27-3)10-16(23-19(13)20)12-5-7-18(26-2)15(22)9-12/h4-10,24H,1-3H3. The van der Waals surface area contributed by atoms with Crippen molar-refractivity contribution in [2.75, 3.05) is 14.2 Å². The van der Waals surface area contributed by atoms with Crippen LogP contribution in [0.4, 0.5) is 4.39 Å². The summed E-state index contributed by atoms with van der Waals surface area (Å²) in [5.41, 5.74) is 4.57. The summed E-state index contributed by atoms with van der Waals surface area (Å²) in [4.78, 5) is 20.3. The van der Waals surface area contributed by atoms with Crippen LogP contribution in [0.2, 0.25) is 0 Å². The monoisotopic (exact) mass is 364 g/mol. The first-order valence-corrected chi connectivity index (χ1v) is 8.37. The smallest absolute Gasteiger partial charge is 0.340 e. The summed E-state index contributed by atoms with van der Waals surface area (Å²) in [5, 5.41) is 0.886. The fraction of sp³-hybridized carbons (Fsp3) is 0.143. The molecule has 4 aromatic rings. The van der Waals surface area contributed by atoms with E-state index >= 15 is 0 Å². The normalized spacial score (nSPS) is 11.1. The number of nitrogens with zero attached hydrogens (tertiary/aromatic N) is 1. The molecule has 2 heterocycles. The number of H-pyrrole nitrogens is 1. The second kappa shape index (κ2) is 6.39. The van der Waals surface area contributed by atoms with Crippen molar-refractivity contribution < 1.29 is 18.7 Å². The van der Waals surface area contributed by atoms with Gasteiger partial charge in [-0.2, -0.15) is 0 Å². The predicted octanol–water partition coefficient (Wildman–Crippen LogP) is 4.63.